The smallest absolute Gasteiger partial charge is 0.0853 e. The van der Waals surface area contributed by atoms with Crippen LogP contribution in [-0.4, -0.2) is 23.5 Å². The largest absolute Gasteiger partial charge is 0.207 e. The first-order valence-corrected chi connectivity index (χ1v) is 9.24. The molecule has 18 heavy (non-hydrogen) atoms. The molecule has 3 nitrogen and oxygen atoms in total. The molecule has 0 radical (unpaired) electrons. The minimum Gasteiger partial charge on any atom is -0.207 e. The monoisotopic (exact) mass is 276 g/mol. The lowest BCUT2D eigenvalue weighted by molar-refractivity contribution is -0.511. The molecule has 0 aromatic heterocycles. The number of rotatable bonds is 15. The topological polar surface area (TPSA) is 27.7 Å². The Morgan fingerprint density at radius 1 is 0.667 bits per heavy atom. The Kier molecular flexibility index (Phi) is 17.2. The standard InChI is InChI=1S/C14H32O3Si/c1-2-3-4-5-6-7-8-9-10-11-12-15-17-16-13-14-18/h2-14H2,1,18H3. The molecule has 0 atom stereocenters. The highest BCUT2D eigenvalue weighted by Gasteiger charge is 1.94. The Hall–Kier alpha value is 0.0969. The third kappa shape index (κ3) is 16.1. The van der Waals surface area contributed by atoms with Gasteiger partial charge in [-0.05, 0) is 12.5 Å². The highest BCUT2D eigenvalue weighted by Crippen LogP contribution is 2.10. The van der Waals surface area contributed by atoms with Gasteiger partial charge in [0.05, 0.1) is 13.2 Å². The van der Waals surface area contributed by atoms with E-state index >= 15 is 0 Å². The Labute approximate surface area is 116 Å². The lowest BCUT2D eigenvalue weighted by atomic mass is 10.1. The maximum absolute atomic E-state index is 4.90. The van der Waals surface area contributed by atoms with Crippen LogP contribution in [0.4, 0.5) is 0 Å². The van der Waals surface area contributed by atoms with E-state index in [9.17, 15) is 0 Å². The van der Waals surface area contributed by atoms with E-state index in [1.807, 2.05) is 0 Å². The van der Waals surface area contributed by atoms with Gasteiger partial charge in [-0.3, -0.25) is 0 Å². The summed E-state index contributed by atoms with van der Waals surface area (Å²) in [5.74, 6) is 0. The Bertz CT molecular complexity index is 129. The van der Waals surface area contributed by atoms with E-state index in [2.05, 4.69) is 12.0 Å². The van der Waals surface area contributed by atoms with E-state index in [-0.39, 0.29) is 0 Å². The zero-order valence-corrected chi connectivity index (χ0v) is 14.4. The first-order valence-electron chi connectivity index (χ1n) is 7.82. The molecule has 0 N–H and O–H groups in total. The minimum atomic E-state index is 0.650. The first kappa shape index (κ1) is 18.1. The van der Waals surface area contributed by atoms with Crippen molar-refractivity contribution in [2.75, 3.05) is 13.2 Å². The SMILES string of the molecule is CCCCCCCCCCCCOOOCC[SiH3]. The summed E-state index contributed by atoms with van der Waals surface area (Å²) < 4.78 is 0. The van der Waals surface area contributed by atoms with E-state index in [0.29, 0.717) is 13.2 Å². The molecule has 0 aromatic rings. The molecule has 0 unspecified atom stereocenters. The predicted octanol–water partition coefficient (Wildman–Crippen LogP) is 3.57. The average Bonchev–Trinajstić information content (AvgIpc) is 2.39. The third-order valence-electron chi connectivity index (χ3n) is 2.96. The van der Waals surface area contributed by atoms with Gasteiger partial charge in [0, 0.05) is 10.2 Å². The van der Waals surface area contributed by atoms with Gasteiger partial charge in [-0.1, -0.05) is 69.7 Å². The molecule has 0 saturated heterocycles. The Balaban J connectivity index is 2.86. The summed E-state index contributed by atoms with van der Waals surface area (Å²) in [7, 11) is 1.15. The van der Waals surface area contributed by atoms with Gasteiger partial charge in [-0.15, -0.1) is 0 Å². The van der Waals surface area contributed by atoms with Crippen LogP contribution in [0.3, 0.4) is 0 Å². The van der Waals surface area contributed by atoms with Crippen molar-refractivity contribution in [1.29, 1.82) is 0 Å². The highest BCUT2D eigenvalue weighted by molar-refractivity contribution is 6.08. The molecule has 4 heteroatoms. The van der Waals surface area contributed by atoms with Crippen molar-refractivity contribution >= 4 is 10.2 Å². The maximum Gasteiger partial charge on any atom is 0.0853 e. The summed E-state index contributed by atoms with van der Waals surface area (Å²) in [6.45, 7) is 3.57. The van der Waals surface area contributed by atoms with Gasteiger partial charge in [-0.25, -0.2) is 9.78 Å². The maximum atomic E-state index is 4.90. The van der Waals surface area contributed by atoms with Crippen LogP contribution in [0, 0.1) is 0 Å². The summed E-state index contributed by atoms with van der Waals surface area (Å²) in [6, 6.07) is 1.08. The average molecular weight is 276 g/mol. The van der Waals surface area contributed by atoms with Crippen LogP contribution in [0.1, 0.15) is 71.1 Å². The van der Waals surface area contributed by atoms with Crippen LogP contribution in [0.2, 0.25) is 6.04 Å². The van der Waals surface area contributed by atoms with E-state index in [1.54, 1.807) is 0 Å². The van der Waals surface area contributed by atoms with Crippen molar-refractivity contribution < 1.29 is 14.8 Å². The molecule has 0 aliphatic rings. The molecule has 110 valence electrons. The zero-order chi connectivity index (χ0) is 13.3. The summed E-state index contributed by atoms with van der Waals surface area (Å²) >= 11 is 0. The van der Waals surface area contributed by atoms with Crippen molar-refractivity contribution in [3.8, 4) is 0 Å². The molecule has 0 spiro atoms. The van der Waals surface area contributed by atoms with Crippen LogP contribution >= 0.6 is 0 Å². The second-order valence-electron chi connectivity index (χ2n) is 4.89. The van der Waals surface area contributed by atoms with Crippen molar-refractivity contribution in [2.45, 2.75) is 77.2 Å². The summed E-state index contributed by atoms with van der Waals surface area (Å²) in [5, 5.41) is 4.58. The number of hydrogen-bond acceptors (Lipinski definition) is 3. The van der Waals surface area contributed by atoms with Crippen LogP contribution in [0.15, 0.2) is 0 Å². The molecule has 0 heterocycles. The molecule has 0 aromatic carbocycles. The van der Waals surface area contributed by atoms with Gasteiger partial charge in [0.2, 0.25) is 0 Å². The quantitative estimate of drug-likeness (QED) is 0.198. The Morgan fingerprint density at radius 3 is 1.72 bits per heavy atom. The summed E-state index contributed by atoms with van der Waals surface area (Å²) in [4.78, 5) is 9.69. The van der Waals surface area contributed by atoms with Crippen LogP contribution in [-0.2, 0) is 14.8 Å². The van der Waals surface area contributed by atoms with Crippen molar-refractivity contribution in [1.82, 2.24) is 0 Å². The third-order valence-corrected chi connectivity index (χ3v) is 3.37. The first-order chi connectivity index (χ1) is 8.91. The second-order valence-corrected chi connectivity index (χ2v) is 5.89. The van der Waals surface area contributed by atoms with E-state index in [4.69, 9.17) is 9.78 Å². The number of hydrogen-bond donors (Lipinski definition) is 0. The van der Waals surface area contributed by atoms with Gasteiger partial charge in [0.1, 0.15) is 0 Å². The molecule has 0 aliphatic carbocycles. The number of unbranched alkanes of at least 4 members (excludes halogenated alkanes) is 9. The van der Waals surface area contributed by atoms with E-state index < -0.39 is 0 Å². The molecule has 0 rings (SSSR count). The molecular weight excluding hydrogens is 244 g/mol. The van der Waals surface area contributed by atoms with Crippen molar-refractivity contribution in [2.24, 2.45) is 0 Å². The van der Waals surface area contributed by atoms with Crippen LogP contribution < -0.4 is 0 Å². The van der Waals surface area contributed by atoms with Gasteiger partial charge < -0.3 is 0 Å². The lowest BCUT2D eigenvalue weighted by Gasteiger charge is -2.03. The fourth-order valence-corrected chi connectivity index (χ4v) is 2.00. The van der Waals surface area contributed by atoms with Crippen LogP contribution in [0.5, 0.6) is 0 Å². The second kappa shape index (κ2) is 17.1. The van der Waals surface area contributed by atoms with E-state index in [0.717, 1.165) is 22.7 Å². The summed E-state index contributed by atoms with van der Waals surface area (Å²) in [6.07, 6.45) is 13.4. The predicted molar refractivity (Wildman–Crippen MR) is 79.6 cm³/mol. The van der Waals surface area contributed by atoms with Crippen LogP contribution in [0.25, 0.3) is 0 Å². The molecule has 0 saturated carbocycles. The highest BCUT2D eigenvalue weighted by atomic mass is 28.1. The Morgan fingerprint density at radius 2 is 1.17 bits per heavy atom. The lowest BCUT2D eigenvalue weighted by Crippen LogP contribution is -1.99. The molecule has 0 amide bonds. The fourth-order valence-electron chi connectivity index (χ4n) is 1.83. The van der Waals surface area contributed by atoms with Crippen molar-refractivity contribution in [3.05, 3.63) is 0 Å². The van der Waals surface area contributed by atoms with Gasteiger partial charge in [0.25, 0.3) is 0 Å². The van der Waals surface area contributed by atoms with Gasteiger partial charge >= 0.3 is 0 Å². The molecule has 0 fully saturated rings. The molecular formula is C14H32O3Si. The summed E-state index contributed by atoms with van der Waals surface area (Å²) in [5.41, 5.74) is 0. The normalized spacial score (nSPS) is 11.2. The molecule has 0 bridgehead atoms. The molecule has 0 aliphatic heterocycles. The minimum absolute atomic E-state index is 0.650. The van der Waals surface area contributed by atoms with Gasteiger partial charge in [-0.2, -0.15) is 0 Å². The van der Waals surface area contributed by atoms with Gasteiger partial charge in [0.15, 0.2) is 0 Å². The van der Waals surface area contributed by atoms with E-state index in [1.165, 1.54) is 57.8 Å². The van der Waals surface area contributed by atoms with Crippen molar-refractivity contribution in [3.63, 3.8) is 0 Å². The fraction of sp³-hybridized carbons (Fsp3) is 1.00. The zero-order valence-electron chi connectivity index (χ0n) is 12.4.